The number of oxazole rings is 1. The monoisotopic (exact) mass is 338 g/mol. The Hall–Kier alpha value is -1.91. The minimum absolute atomic E-state index is 0.525. The summed E-state index contributed by atoms with van der Waals surface area (Å²) in [5.74, 6) is 0.730. The molecule has 3 nitrogen and oxygen atoms in total. The Labute approximate surface area is 147 Å². The number of aryl methyl sites for hydroxylation is 2. The van der Waals surface area contributed by atoms with E-state index in [0.29, 0.717) is 6.04 Å². The van der Waals surface area contributed by atoms with Crippen LogP contribution in [0.15, 0.2) is 45.7 Å². The van der Waals surface area contributed by atoms with Crippen molar-refractivity contribution in [2.24, 2.45) is 0 Å². The normalized spacial score (nSPS) is 18.3. The zero-order chi connectivity index (χ0) is 16.5. The van der Waals surface area contributed by atoms with Gasteiger partial charge in [0, 0.05) is 18.2 Å². The predicted molar refractivity (Wildman–Crippen MR) is 98.1 cm³/mol. The molecule has 4 heteroatoms. The van der Waals surface area contributed by atoms with Crippen LogP contribution in [0.5, 0.6) is 0 Å². The average Bonchev–Trinajstić information content (AvgIpc) is 3.28. The summed E-state index contributed by atoms with van der Waals surface area (Å²) in [5, 5.41) is 4.44. The van der Waals surface area contributed by atoms with E-state index in [2.05, 4.69) is 53.8 Å². The Morgan fingerprint density at radius 1 is 1.29 bits per heavy atom. The first-order chi connectivity index (χ1) is 11.7. The lowest BCUT2D eigenvalue weighted by Crippen LogP contribution is -2.22. The number of aromatic nitrogens is 1. The topological polar surface area (TPSA) is 29.3 Å². The van der Waals surface area contributed by atoms with Gasteiger partial charge in [0.1, 0.15) is 6.26 Å². The van der Waals surface area contributed by atoms with E-state index in [4.69, 9.17) is 9.40 Å². The smallest absolute Gasteiger partial charge is 0.226 e. The highest BCUT2D eigenvalue weighted by molar-refractivity contribution is 7.07. The summed E-state index contributed by atoms with van der Waals surface area (Å²) in [6, 6.07) is 9.16. The van der Waals surface area contributed by atoms with E-state index >= 15 is 0 Å². The lowest BCUT2D eigenvalue weighted by atomic mass is 10.1. The van der Waals surface area contributed by atoms with Crippen LogP contribution in [0.1, 0.15) is 41.3 Å². The molecule has 1 aliphatic rings. The number of likely N-dealkylation sites (tertiary alicyclic amines) is 1. The van der Waals surface area contributed by atoms with Crippen LogP contribution in [-0.4, -0.2) is 16.4 Å². The van der Waals surface area contributed by atoms with Gasteiger partial charge in [0.2, 0.25) is 5.89 Å². The Morgan fingerprint density at radius 2 is 2.21 bits per heavy atom. The van der Waals surface area contributed by atoms with Gasteiger partial charge in [-0.05, 0) is 67.3 Å². The molecule has 1 aromatic carbocycles. The standard InChI is InChI=1S/C20H22N2OS/c1-14-5-6-18(15(2)10-14)20-21-17(12-23-20)11-22-8-3-4-19(22)16-7-9-24-13-16/h5-7,9-10,12-13,19H,3-4,8,11H2,1-2H3. The third-order valence-electron chi connectivity index (χ3n) is 4.82. The number of thiophene rings is 1. The van der Waals surface area contributed by atoms with Crippen molar-refractivity contribution >= 4 is 11.3 Å². The molecule has 0 bridgehead atoms. The fourth-order valence-corrected chi connectivity index (χ4v) is 4.33. The summed E-state index contributed by atoms with van der Waals surface area (Å²) in [6.07, 6.45) is 4.30. The van der Waals surface area contributed by atoms with Crippen LogP contribution >= 0.6 is 11.3 Å². The molecule has 4 rings (SSSR count). The van der Waals surface area contributed by atoms with Crippen molar-refractivity contribution in [1.29, 1.82) is 0 Å². The van der Waals surface area contributed by atoms with Crippen molar-refractivity contribution in [3.8, 4) is 11.5 Å². The van der Waals surface area contributed by atoms with Gasteiger partial charge in [-0.2, -0.15) is 11.3 Å². The van der Waals surface area contributed by atoms with Crippen LogP contribution in [-0.2, 0) is 6.54 Å². The molecule has 0 aliphatic carbocycles. The van der Waals surface area contributed by atoms with Gasteiger partial charge in [-0.3, -0.25) is 4.90 Å². The maximum absolute atomic E-state index is 5.77. The molecule has 1 unspecified atom stereocenters. The third-order valence-corrected chi connectivity index (χ3v) is 5.52. The van der Waals surface area contributed by atoms with Gasteiger partial charge >= 0.3 is 0 Å². The molecule has 0 amide bonds. The SMILES string of the molecule is Cc1ccc(-c2nc(CN3CCCC3c3ccsc3)co2)c(C)c1. The summed E-state index contributed by atoms with van der Waals surface area (Å²) in [7, 11) is 0. The minimum Gasteiger partial charge on any atom is -0.444 e. The van der Waals surface area contributed by atoms with E-state index in [1.807, 2.05) is 6.26 Å². The van der Waals surface area contributed by atoms with Gasteiger partial charge in [-0.25, -0.2) is 4.98 Å². The van der Waals surface area contributed by atoms with Crippen LogP contribution < -0.4 is 0 Å². The Morgan fingerprint density at radius 3 is 3.00 bits per heavy atom. The van der Waals surface area contributed by atoms with E-state index < -0.39 is 0 Å². The second kappa shape index (κ2) is 6.54. The Bertz CT molecular complexity index is 822. The molecule has 2 aromatic heterocycles. The number of benzene rings is 1. The summed E-state index contributed by atoms with van der Waals surface area (Å²) >= 11 is 1.78. The van der Waals surface area contributed by atoms with Crippen LogP contribution in [0, 0.1) is 13.8 Å². The molecule has 124 valence electrons. The van der Waals surface area contributed by atoms with Crippen LogP contribution in [0.25, 0.3) is 11.5 Å². The molecule has 1 aliphatic heterocycles. The van der Waals surface area contributed by atoms with Crippen LogP contribution in [0.3, 0.4) is 0 Å². The van der Waals surface area contributed by atoms with Gasteiger partial charge in [-0.1, -0.05) is 17.7 Å². The maximum Gasteiger partial charge on any atom is 0.226 e. The molecule has 0 radical (unpaired) electrons. The van der Waals surface area contributed by atoms with E-state index in [-0.39, 0.29) is 0 Å². The zero-order valence-corrected chi connectivity index (χ0v) is 15.0. The fourth-order valence-electron chi connectivity index (χ4n) is 3.62. The van der Waals surface area contributed by atoms with E-state index in [1.165, 1.54) is 29.5 Å². The Kier molecular flexibility index (Phi) is 4.25. The fraction of sp³-hybridized carbons (Fsp3) is 0.350. The molecule has 0 N–H and O–H groups in total. The zero-order valence-electron chi connectivity index (χ0n) is 14.2. The van der Waals surface area contributed by atoms with Crippen LogP contribution in [0.4, 0.5) is 0 Å². The quantitative estimate of drug-likeness (QED) is 0.641. The van der Waals surface area contributed by atoms with E-state index in [0.717, 1.165) is 30.2 Å². The number of nitrogens with zero attached hydrogens (tertiary/aromatic N) is 2. The molecule has 1 atom stereocenters. The first-order valence-electron chi connectivity index (χ1n) is 8.49. The Balaban J connectivity index is 1.53. The molecule has 24 heavy (non-hydrogen) atoms. The van der Waals surface area contributed by atoms with Crippen molar-refractivity contribution in [1.82, 2.24) is 9.88 Å². The number of hydrogen-bond donors (Lipinski definition) is 0. The highest BCUT2D eigenvalue weighted by Gasteiger charge is 2.27. The van der Waals surface area contributed by atoms with E-state index in [1.54, 1.807) is 11.3 Å². The van der Waals surface area contributed by atoms with Crippen LogP contribution in [0.2, 0.25) is 0 Å². The first-order valence-corrected chi connectivity index (χ1v) is 9.43. The molecule has 3 heterocycles. The highest BCUT2D eigenvalue weighted by atomic mass is 32.1. The van der Waals surface area contributed by atoms with Gasteiger partial charge in [0.05, 0.1) is 5.69 Å². The van der Waals surface area contributed by atoms with Gasteiger partial charge < -0.3 is 4.42 Å². The first kappa shape index (κ1) is 15.6. The largest absolute Gasteiger partial charge is 0.444 e. The number of rotatable bonds is 4. The molecular weight excluding hydrogens is 316 g/mol. The number of hydrogen-bond acceptors (Lipinski definition) is 4. The molecule has 1 fully saturated rings. The van der Waals surface area contributed by atoms with Crippen molar-refractivity contribution in [2.45, 2.75) is 39.3 Å². The maximum atomic E-state index is 5.77. The van der Waals surface area contributed by atoms with Crippen molar-refractivity contribution < 1.29 is 4.42 Å². The second-order valence-corrected chi connectivity index (χ2v) is 7.43. The van der Waals surface area contributed by atoms with Crippen molar-refractivity contribution in [3.05, 3.63) is 63.7 Å². The lowest BCUT2D eigenvalue weighted by Gasteiger charge is -2.22. The second-order valence-electron chi connectivity index (χ2n) is 6.65. The molecule has 1 saturated heterocycles. The average molecular weight is 338 g/mol. The summed E-state index contributed by atoms with van der Waals surface area (Å²) < 4.78 is 5.77. The molecule has 0 spiro atoms. The van der Waals surface area contributed by atoms with Crippen molar-refractivity contribution in [3.63, 3.8) is 0 Å². The van der Waals surface area contributed by atoms with Crippen molar-refractivity contribution in [2.75, 3.05) is 6.54 Å². The summed E-state index contributed by atoms with van der Waals surface area (Å²) in [4.78, 5) is 7.26. The molecule has 0 saturated carbocycles. The van der Waals surface area contributed by atoms with Gasteiger partial charge in [-0.15, -0.1) is 0 Å². The minimum atomic E-state index is 0.525. The lowest BCUT2D eigenvalue weighted by molar-refractivity contribution is 0.246. The third kappa shape index (κ3) is 3.04. The van der Waals surface area contributed by atoms with Gasteiger partial charge in [0.15, 0.2) is 0 Å². The molecule has 3 aromatic rings. The van der Waals surface area contributed by atoms with Gasteiger partial charge in [0.25, 0.3) is 0 Å². The van der Waals surface area contributed by atoms with E-state index in [9.17, 15) is 0 Å². The molecular formula is C20H22N2OS. The highest BCUT2D eigenvalue weighted by Crippen LogP contribution is 2.34. The predicted octanol–water partition coefficient (Wildman–Crippen LogP) is 5.36. The summed E-state index contributed by atoms with van der Waals surface area (Å²) in [6.45, 7) is 6.20. The summed E-state index contributed by atoms with van der Waals surface area (Å²) in [5.41, 5.74) is 6.02.